The summed E-state index contributed by atoms with van der Waals surface area (Å²) < 4.78 is 0. The van der Waals surface area contributed by atoms with E-state index in [-0.39, 0.29) is 6.03 Å². The molecular weight excluding hydrogens is 290 g/mol. The van der Waals surface area contributed by atoms with Gasteiger partial charge in [0, 0.05) is 31.1 Å². The molecule has 114 valence electrons. The maximum Gasteiger partial charge on any atom is 0.339 e. The molecule has 0 radical (unpaired) electrons. The van der Waals surface area contributed by atoms with Crippen LogP contribution in [0.4, 0.5) is 9.80 Å². The van der Waals surface area contributed by atoms with Gasteiger partial charge in [-0.25, -0.2) is 9.59 Å². The summed E-state index contributed by atoms with van der Waals surface area (Å²) in [6.07, 6.45) is 2.73. The van der Waals surface area contributed by atoms with Gasteiger partial charge in [-0.2, -0.15) is 0 Å². The largest absolute Gasteiger partial charge is 0.478 e. The summed E-state index contributed by atoms with van der Waals surface area (Å²) in [5, 5.41) is 12.7. The zero-order chi connectivity index (χ0) is 15.0. The van der Waals surface area contributed by atoms with Gasteiger partial charge in [0.05, 0.1) is 5.56 Å². The molecule has 0 bridgehead atoms. The molecule has 3 rings (SSSR count). The van der Waals surface area contributed by atoms with Gasteiger partial charge in [0.2, 0.25) is 0 Å². The van der Waals surface area contributed by atoms with Gasteiger partial charge >= 0.3 is 12.0 Å². The number of rotatable bonds is 2. The highest BCUT2D eigenvalue weighted by molar-refractivity contribution is 7.17. The monoisotopic (exact) mass is 309 g/mol. The molecule has 2 aliphatic rings. The van der Waals surface area contributed by atoms with Crippen LogP contribution < -0.4 is 5.32 Å². The Morgan fingerprint density at radius 3 is 2.57 bits per heavy atom. The molecule has 1 saturated heterocycles. The lowest BCUT2D eigenvalue weighted by Gasteiger charge is -2.32. The second-order valence-electron chi connectivity index (χ2n) is 5.59. The van der Waals surface area contributed by atoms with E-state index in [1.807, 2.05) is 7.05 Å². The molecule has 0 unspecified atom stereocenters. The molecule has 2 heterocycles. The van der Waals surface area contributed by atoms with E-state index in [1.165, 1.54) is 11.3 Å². The standard InChI is InChI=1S/C14H19N3O3S/c1-16-5-7-17(8-6-16)14(20)15-12-11(13(18)19)9-3-2-4-10(9)21-12/h2-8H2,1H3,(H,15,20)(H,18,19). The number of carboxylic acid groups (broad SMARTS) is 1. The number of urea groups is 1. The average Bonchev–Trinajstić information content (AvgIpc) is 2.98. The van der Waals surface area contributed by atoms with Crippen molar-refractivity contribution in [2.24, 2.45) is 0 Å². The normalized spacial score (nSPS) is 18.6. The lowest BCUT2D eigenvalue weighted by molar-refractivity contribution is 0.0697. The minimum Gasteiger partial charge on any atom is -0.478 e. The molecule has 1 fully saturated rings. The molecule has 0 spiro atoms. The van der Waals surface area contributed by atoms with Crippen LogP contribution in [0.15, 0.2) is 0 Å². The van der Waals surface area contributed by atoms with Gasteiger partial charge in [-0.15, -0.1) is 11.3 Å². The molecule has 21 heavy (non-hydrogen) atoms. The fourth-order valence-corrected chi connectivity index (χ4v) is 4.18. The number of hydrogen-bond donors (Lipinski definition) is 2. The first-order valence-electron chi connectivity index (χ1n) is 7.18. The molecule has 1 aliphatic carbocycles. The fraction of sp³-hybridized carbons (Fsp3) is 0.571. The first kappa shape index (κ1) is 14.3. The summed E-state index contributed by atoms with van der Waals surface area (Å²) in [5.41, 5.74) is 1.22. The van der Waals surface area contributed by atoms with Gasteiger partial charge in [-0.1, -0.05) is 0 Å². The summed E-state index contributed by atoms with van der Waals surface area (Å²) in [6.45, 7) is 3.05. The van der Waals surface area contributed by atoms with Crippen LogP contribution in [0.3, 0.4) is 0 Å². The topological polar surface area (TPSA) is 72.9 Å². The van der Waals surface area contributed by atoms with Crippen LogP contribution >= 0.6 is 11.3 Å². The predicted octanol–water partition coefficient (Wildman–Crippen LogP) is 1.71. The van der Waals surface area contributed by atoms with Crippen LogP contribution in [0, 0.1) is 0 Å². The van der Waals surface area contributed by atoms with E-state index in [4.69, 9.17) is 0 Å². The van der Waals surface area contributed by atoms with Crippen LogP contribution in [0.2, 0.25) is 0 Å². The smallest absolute Gasteiger partial charge is 0.339 e. The summed E-state index contributed by atoms with van der Waals surface area (Å²) in [5.74, 6) is -0.942. The van der Waals surface area contributed by atoms with Crippen molar-refractivity contribution in [3.8, 4) is 0 Å². The van der Waals surface area contributed by atoms with Crippen molar-refractivity contribution in [2.45, 2.75) is 19.3 Å². The van der Waals surface area contributed by atoms with E-state index in [1.54, 1.807) is 4.90 Å². The van der Waals surface area contributed by atoms with Gasteiger partial charge in [0.15, 0.2) is 0 Å². The molecule has 0 aromatic carbocycles. The van der Waals surface area contributed by atoms with Crippen molar-refractivity contribution < 1.29 is 14.7 Å². The number of carbonyl (C=O) groups is 2. The molecule has 6 nitrogen and oxygen atoms in total. The summed E-state index contributed by atoms with van der Waals surface area (Å²) in [4.78, 5) is 28.8. The van der Waals surface area contributed by atoms with Crippen LogP contribution in [0.1, 0.15) is 27.2 Å². The van der Waals surface area contributed by atoms with Gasteiger partial charge in [-0.05, 0) is 31.9 Å². The van der Waals surface area contributed by atoms with Gasteiger partial charge < -0.3 is 14.9 Å². The molecule has 1 aromatic rings. The average molecular weight is 309 g/mol. The van der Waals surface area contributed by atoms with Gasteiger partial charge in [0.1, 0.15) is 5.00 Å². The van der Waals surface area contributed by atoms with Crippen LogP contribution in [-0.4, -0.2) is 60.1 Å². The number of amides is 2. The number of likely N-dealkylation sites (N-methyl/N-ethyl adjacent to an activating group) is 1. The number of aryl methyl sites for hydroxylation is 1. The Hall–Kier alpha value is -1.60. The second-order valence-corrected chi connectivity index (χ2v) is 6.69. The third-order valence-electron chi connectivity index (χ3n) is 4.15. The predicted molar refractivity (Wildman–Crippen MR) is 81.4 cm³/mol. The fourth-order valence-electron chi connectivity index (χ4n) is 2.90. The summed E-state index contributed by atoms with van der Waals surface area (Å²) >= 11 is 1.42. The number of nitrogens with zero attached hydrogens (tertiary/aromatic N) is 2. The number of carboxylic acids is 1. The van der Waals surface area contributed by atoms with Crippen molar-refractivity contribution in [3.63, 3.8) is 0 Å². The van der Waals surface area contributed by atoms with E-state index in [9.17, 15) is 14.7 Å². The Morgan fingerprint density at radius 1 is 1.19 bits per heavy atom. The molecule has 7 heteroatoms. The number of anilines is 1. The van der Waals surface area contributed by atoms with E-state index >= 15 is 0 Å². The number of piperazine rings is 1. The molecule has 1 aliphatic heterocycles. The maximum atomic E-state index is 12.3. The van der Waals surface area contributed by atoms with Crippen molar-refractivity contribution in [2.75, 3.05) is 38.5 Å². The Balaban J connectivity index is 1.76. The number of thiophene rings is 1. The highest BCUT2D eigenvalue weighted by atomic mass is 32.1. The highest BCUT2D eigenvalue weighted by Crippen LogP contribution is 2.39. The number of fused-ring (bicyclic) bond motifs is 1. The number of carbonyl (C=O) groups excluding carboxylic acids is 1. The van der Waals surface area contributed by atoms with Crippen molar-refractivity contribution in [1.82, 2.24) is 9.80 Å². The number of nitrogens with one attached hydrogen (secondary N) is 1. The Labute approximate surface area is 127 Å². The van der Waals surface area contributed by atoms with E-state index < -0.39 is 5.97 Å². The lowest BCUT2D eigenvalue weighted by Crippen LogP contribution is -2.48. The van der Waals surface area contributed by atoms with Crippen LogP contribution in [0.5, 0.6) is 0 Å². The minimum absolute atomic E-state index is 0.189. The van der Waals surface area contributed by atoms with Gasteiger partial charge in [-0.3, -0.25) is 5.32 Å². The molecule has 2 amide bonds. The molecule has 0 atom stereocenters. The zero-order valence-electron chi connectivity index (χ0n) is 12.0. The number of hydrogen-bond acceptors (Lipinski definition) is 4. The minimum atomic E-state index is -0.942. The molecular formula is C14H19N3O3S. The Morgan fingerprint density at radius 2 is 1.90 bits per heavy atom. The first-order chi connectivity index (χ1) is 10.1. The third kappa shape index (κ3) is 2.75. The van der Waals surface area contributed by atoms with E-state index in [2.05, 4.69) is 10.2 Å². The summed E-state index contributed by atoms with van der Waals surface area (Å²) in [6, 6.07) is -0.189. The quantitative estimate of drug-likeness (QED) is 0.872. The van der Waals surface area contributed by atoms with Crippen LogP contribution in [0.25, 0.3) is 0 Å². The maximum absolute atomic E-state index is 12.3. The van der Waals surface area contributed by atoms with Gasteiger partial charge in [0.25, 0.3) is 0 Å². The first-order valence-corrected chi connectivity index (χ1v) is 8.00. The number of aromatic carboxylic acids is 1. The SMILES string of the molecule is CN1CCN(C(=O)Nc2sc3c(c2C(=O)O)CCC3)CC1. The Bertz CT molecular complexity index is 576. The lowest BCUT2D eigenvalue weighted by atomic mass is 10.1. The van der Waals surface area contributed by atoms with Crippen LogP contribution in [-0.2, 0) is 12.8 Å². The highest BCUT2D eigenvalue weighted by Gasteiger charge is 2.28. The summed E-state index contributed by atoms with van der Waals surface area (Å²) in [7, 11) is 2.03. The van der Waals surface area contributed by atoms with Crippen molar-refractivity contribution in [3.05, 3.63) is 16.0 Å². The molecule has 1 aromatic heterocycles. The van der Waals surface area contributed by atoms with Crippen molar-refractivity contribution >= 4 is 28.3 Å². The third-order valence-corrected chi connectivity index (χ3v) is 5.35. The second kappa shape index (κ2) is 5.65. The Kier molecular flexibility index (Phi) is 3.86. The van der Waals surface area contributed by atoms with E-state index in [0.717, 1.165) is 42.8 Å². The van der Waals surface area contributed by atoms with E-state index in [0.29, 0.717) is 23.7 Å². The molecule has 2 N–H and O–H groups in total. The zero-order valence-corrected chi connectivity index (χ0v) is 12.8. The van der Waals surface area contributed by atoms with Crippen molar-refractivity contribution in [1.29, 1.82) is 0 Å². The molecule has 0 saturated carbocycles.